The van der Waals surface area contributed by atoms with Gasteiger partial charge in [-0.25, -0.2) is 0 Å². The van der Waals surface area contributed by atoms with Crippen molar-refractivity contribution in [1.82, 2.24) is 0 Å². The molecule has 2 aliphatic rings. The number of methoxy groups -OCH3 is 1. The molecule has 2 saturated carbocycles. The molecular weight excluding hydrogens is 272 g/mol. The molecule has 2 aliphatic carbocycles. The Hall–Kier alpha value is -1.57. The first kappa shape index (κ1) is 15.3. The van der Waals surface area contributed by atoms with Crippen LogP contribution in [-0.2, 0) is 4.79 Å². The Kier molecular flexibility index (Phi) is 4.97. The number of ketones is 1. The summed E-state index contributed by atoms with van der Waals surface area (Å²) in [5, 5.41) is 0. The molecule has 22 heavy (non-hydrogen) atoms. The molecule has 1 aromatic rings. The molecule has 2 nitrogen and oxygen atoms in total. The SMILES string of the molecule is COc1ccc(/C=C2/CC(C3CCCCC3)CCC2=O)cc1. The molecule has 0 N–H and O–H groups in total. The zero-order chi connectivity index (χ0) is 15.4. The number of ether oxygens (including phenoxy) is 1. The molecule has 0 saturated heterocycles. The predicted molar refractivity (Wildman–Crippen MR) is 89.9 cm³/mol. The monoisotopic (exact) mass is 298 g/mol. The van der Waals surface area contributed by atoms with Crippen LogP contribution in [0, 0.1) is 11.8 Å². The van der Waals surface area contributed by atoms with E-state index in [9.17, 15) is 4.79 Å². The average molecular weight is 298 g/mol. The van der Waals surface area contributed by atoms with E-state index in [1.54, 1.807) is 7.11 Å². The fourth-order valence-electron chi connectivity index (χ4n) is 4.02. The maximum atomic E-state index is 12.3. The van der Waals surface area contributed by atoms with Crippen LogP contribution < -0.4 is 4.74 Å². The highest BCUT2D eigenvalue weighted by Crippen LogP contribution is 2.39. The third kappa shape index (κ3) is 3.60. The van der Waals surface area contributed by atoms with Crippen molar-refractivity contribution in [3.05, 3.63) is 35.4 Å². The van der Waals surface area contributed by atoms with E-state index in [0.29, 0.717) is 5.78 Å². The summed E-state index contributed by atoms with van der Waals surface area (Å²) < 4.78 is 5.19. The normalized spacial score (nSPS) is 25.4. The minimum absolute atomic E-state index is 0.350. The largest absolute Gasteiger partial charge is 0.497 e. The Morgan fingerprint density at radius 2 is 1.73 bits per heavy atom. The van der Waals surface area contributed by atoms with Gasteiger partial charge in [0.25, 0.3) is 0 Å². The van der Waals surface area contributed by atoms with Crippen molar-refractivity contribution >= 4 is 11.9 Å². The fourth-order valence-corrected chi connectivity index (χ4v) is 4.02. The molecule has 0 amide bonds. The van der Waals surface area contributed by atoms with Gasteiger partial charge in [-0.3, -0.25) is 4.79 Å². The van der Waals surface area contributed by atoms with Gasteiger partial charge in [-0.05, 0) is 54.0 Å². The van der Waals surface area contributed by atoms with E-state index in [1.807, 2.05) is 24.3 Å². The van der Waals surface area contributed by atoms with Gasteiger partial charge in [0, 0.05) is 6.42 Å². The lowest BCUT2D eigenvalue weighted by atomic mass is 9.71. The van der Waals surface area contributed by atoms with Crippen LogP contribution in [0.15, 0.2) is 29.8 Å². The van der Waals surface area contributed by atoms with E-state index >= 15 is 0 Å². The molecule has 0 aromatic heterocycles. The summed E-state index contributed by atoms with van der Waals surface area (Å²) >= 11 is 0. The van der Waals surface area contributed by atoms with Crippen molar-refractivity contribution in [2.45, 2.75) is 51.4 Å². The van der Waals surface area contributed by atoms with Crippen LogP contribution >= 0.6 is 0 Å². The molecule has 3 rings (SSSR count). The summed E-state index contributed by atoms with van der Waals surface area (Å²) in [7, 11) is 1.67. The van der Waals surface area contributed by atoms with Gasteiger partial charge in [-0.2, -0.15) is 0 Å². The second-order valence-corrected chi connectivity index (χ2v) is 6.77. The van der Waals surface area contributed by atoms with E-state index in [2.05, 4.69) is 6.08 Å². The first-order valence-electron chi connectivity index (χ1n) is 8.64. The molecule has 0 radical (unpaired) electrons. The van der Waals surface area contributed by atoms with Crippen molar-refractivity contribution in [2.75, 3.05) is 7.11 Å². The number of hydrogen-bond donors (Lipinski definition) is 0. The minimum atomic E-state index is 0.350. The number of benzene rings is 1. The topological polar surface area (TPSA) is 26.3 Å². The highest BCUT2D eigenvalue weighted by Gasteiger charge is 2.30. The van der Waals surface area contributed by atoms with Gasteiger partial charge in [-0.15, -0.1) is 0 Å². The molecule has 2 heteroatoms. The van der Waals surface area contributed by atoms with Gasteiger partial charge in [0.2, 0.25) is 0 Å². The Balaban J connectivity index is 1.72. The lowest BCUT2D eigenvalue weighted by Crippen LogP contribution is -2.25. The van der Waals surface area contributed by atoms with Gasteiger partial charge in [0.15, 0.2) is 5.78 Å². The van der Waals surface area contributed by atoms with E-state index in [1.165, 1.54) is 32.1 Å². The standard InChI is InChI=1S/C20H26O2/c1-22-19-10-7-15(8-11-19)13-18-14-17(9-12-20(18)21)16-5-3-2-4-6-16/h7-8,10-11,13,16-17H,2-6,9,12,14H2,1H3/b18-13-. The Morgan fingerprint density at radius 1 is 1.00 bits per heavy atom. The van der Waals surface area contributed by atoms with Crippen molar-refractivity contribution in [2.24, 2.45) is 11.8 Å². The number of hydrogen-bond acceptors (Lipinski definition) is 2. The fraction of sp³-hybridized carbons (Fsp3) is 0.550. The maximum Gasteiger partial charge on any atom is 0.158 e. The van der Waals surface area contributed by atoms with Gasteiger partial charge < -0.3 is 4.74 Å². The number of allylic oxidation sites excluding steroid dienone is 1. The molecule has 118 valence electrons. The number of carbonyl (C=O) groups is 1. The summed E-state index contributed by atoms with van der Waals surface area (Å²) in [6.45, 7) is 0. The van der Waals surface area contributed by atoms with Crippen LogP contribution in [-0.4, -0.2) is 12.9 Å². The van der Waals surface area contributed by atoms with Crippen LogP contribution in [0.3, 0.4) is 0 Å². The summed E-state index contributed by atoms with van der Waals surface area (Å²) in [4.78, 5) is 12.3. The quantitative estimate of drug-likeness (QED) is 0.732. The number of Topliss-reactive ketones (excluding diaryl/α,β-unsaturated/α-hetero) is 1. The zero-order valence-corrected chi connectivity index (χ0v) is 13.5. The van der Waals surface area contributed by atoms with E-state index < -0.39 is 0 Å². The zero-order valence-electron chi connectivity index (χ0n) is 13.5. The van der Waals surface area contributed by atoms with Crippen LogP contribution in [0.5, 0.6) is 5.75 Å². The van der Waals surface area contributed by atoms with Crippen LogP contribution in [0.4, 0.5) is 0 Å². The third-order valence-corrected chi connectivity index (χ3v) is 5.36. The average Bonchev–Trinajstić information content (AvgIpc) is 2.58. The summed E-state index contributed by atoms with van der Waals surface area (Å²) in [6, 6.07) is 7.98. The second-order valence-electron chi connectivity index (χ2n) is 6.77. The van der Waals surface area contributed by atoms with E-state index in [-0.39, 0.29) is 0 Å². The van der Waals surface area contributed by atoms with Crippen LogP contribution in [0.1, 0.15) is 56.9 Å². The third-order valence-electron chi connectivity index (χ3n) is 5.36. The minimum Gasteiger partial charge on any atom is -0.497 e. The van der Waals surface area contributed by atoms with Gasteiger partial charge in [-0.1, -0.05) is 44.2 Å². The van der Waals surface area contributed by atoms with Crippen LogP contribution in [0.25, 0.3) is 6.08 Å². The molecule has 1 aromatic carbocycles. The van der Waals surface area contributed by atoms with Crippen LogP contribution in [0.2, 0.25) is 0 Å². The molecule has 2 fully saturated rings. The highest BCUT2D eigenvalue weighted by atomic mass is 16.5. The van der Waals surface area contributed by atoms with Crippen molar-refractivity contribution in [1.29, 1.82) is 0 Å². The van der Waals surface area contributed by atoms with Crippen molar-refractivity contribution in [3.63, 3.8) is 0 Å². The molecule has 0 heterocycles. The number of carbonyl (C=O) groups excluding carboxylic acids is 1. The Labute approximate surface area is 133 Å². The van der Waals surface area contributed by atoms with Gasteiger partial charge in [0.05, 0.1) is 7.11 Å². The summed E-state index contributed by atoms with van der Waals surface area (Å²) in [5.74, 6) is 2.78. The molecule has 1 unspecified atom stereocenters. The molecule has 0 aliphatic heterocycles. The first-order valence-corrected chi connectivity index (χ1v) is 8.64. The highest BCUT2D eigenvalue weighted by molar-refractivity contribution is 6.00. The van der Waals surface area contributed by atoms with Crippen molar-refractivity contribution < 1.29 is 9.53 Å². The Morgan fingerprint density at radius 3 is 2.41 bits per heavy atom. The van der Waals surface area contributed by atoms with Gasteiger partial charge in [0.1, 0.15) is 5.75 Å². The lowest BCUT2D eigenvalue weighted by molar-refractivity contribution is -0.117. The molecule has 1 atom stereocenters. The second kappa shape index (κ2) is 7.13. The lowest BCUT2D eigenvalue weighted by Gasteiger charge is -2.33. The van der Waals surface area contributed by atoms with Crippen molar-refractivity contribution in [3.8, 4) is 5.75 Å². The molecule has 0 spiro atoms. The molecular formula is C20H26O2. The van der Waals surface area contributed by atoms with Gasteiger partial charge >= 0.3 is 0 Å². The maximum absolute atomic E-state index is 12.3. The van der Waals surface area contributed by atoms with E-state index in [0.717, 1.165) is 48.0 Å². The smallest absolute Gasteiger partial charge is 0.158 e. The number of rotatable bonds is 3. The summed E-state index contributed by atoms with van der Waals surface area (Å²) in [5.41, 5.74) is 2.14. The Bertz CT molecular complexity index is 535. The predicted octanol–water partition coefficient (Wildman–Crippen LogP) is 5.03. The molecule has 0 bridgehead atoms. The van der Waals surface area contributed by atoms with E-state index in [4.69, 9.17) is 4.74 Å². The first-order chi connectivity index (χ1) is 10.8. The summed E-state index contributed by atoms with van der Waals surface area (Å²) in [6.07, 6.45) is 11.8.